The second-order valence-corrected chi connectivity index (χ2v) is 2.61. The van der Waals surface area contributed by atoms with Gasteiger partial charge in [0, 0.05) is 20.6 Å². The molecule has 0 spiro atoms. The average molecular weight is 176 g/mol. The molecule has 0 fully saturated rings. The van der Waals surface area contributed by atoms with Crippen LogP contribution in [0.15, 0.2) is 0 Å². The van der Waals surface area contributed by atoms with Gasteiger partial charge in [-0.15, -0.1) is 0 Å². The van der Waals surface area contributed by atoms with Crippen LogP contribution in [0.5, 0.6) is 0 Å². The van der Waals surface area contributed by atoms with E-state index in [-0.39, 0.29) is 6.29 Å². The van der Waals surface area contributed by atoms with Gasteiger partial charge < -0.3 is 20.1 Å². The molecule has 0 heterocycles. The summed E-state index contributed by atoms with van der Waals surface area (Å²) in [6, 6.07) is 0. The lowest BCUT2D eigenvalue weighted by atomic mass is 10.2. The summed E-state index contributed by atoms with van der Waals surface area (Å²) in [6.45, 7) is 0. The zero-order valence-corrected chi connectivity index (χ0v) is 8.39. The first-order valence-electron chi connectivity index (χ1n) is 4.18. The van der Waals surface area contributed by atoms with E-state index in [0.29, 0.717) is 6.17 Å². The van der Waals surface area contributed by atoms with Crippen molar-refractivity contribution in [3.63, 3.8) is 0 Å². The molecule has 0 aromatic heterocycles. The molecule has 4 heteroatoms. The third-order valence-corrected chi connectivity index (χ3v) is 1.91. The largest absolute Gasteiger partial charge is 0.356 e. The molecule has 12 heavy (non-hydrogen) atoms. The lowest BCUT2D eigenvalue weighted by Crippen LogP contribution is -2.38. The van der Waals surface area contributed by atoms with Gasteiger partial charge in [-0.25, -0.2) is 0 Å². The summed E-state index contributed by atoms with van der Waals surface area (Å²) >= 11 is 0. The lowest BCUT2D eigenvalue weighted by Gasteiger charge is -2.18. The Labute approximate surface area is 74.6 Å². The molecule has 0 saturated carbocycles. The zero-order chi connectivity index (χ0) is 9.40. The summed E-state index contributed by atoms with van der Waals surface area (Å²) in [5.74, 6) is 0. The molecule has 0 rings (SSSR count). The van der Waals surface area contributed by atoms with Crippen LogP contribution in [0.1, 0.15) is 12.8 Å². The molecular weight excluding hydrogens is 156 g/mol. The molecular formula is C8H20N2O2. The van der Waals surface area contributed by atoms with E-state index in [2.05, 4.69) is 10.6 Å². The maximum absolute atomic E-state index is 5.06. The molecule has 0 aromatic rings. The van der Waals surface area contributed by atoms with Crippen molar-refractivity contribution < 1.29 is 9.47 Å². The van der Waals surface area contributed by atoms with Crippen molar-refractivity contribution in [2.75, 3.05) is 28.3 Å². The molecule has 0 radical (unpaired) electrons. The van der Waals surface area contributed by atoms with E-state index in [1.807, 2.05) is 14.1 Å². The van der Waals surface area contributed by atoms with Gasteiger partial charge in [0.15, 0.2) is 6.29 Å². The highest BCUT2D eigenvalue weighted by Crippen LogP contribution is 2.03. The summed E-state index contributed by atoms with van der Waals surface area (Å²) in [5.41, 5.74) is 0. The Morgan fingerprint density at radius 3 is 1.83 bits per heavy atom. The van der Waals surface area contributed by atoms with E-state index in [4.69, 9.17) is 9.47 Å². The monoisotopic (exact) mass is 176 g/mol. The minimum atomic E-state index is -0.0887. The van der Waals surface area contributed by atoms with E-state index < -0.39 is 0 Å². The fraction of sp³-hybridized carbons (Fsp3) is 1.00. The summed E-state index contributed by atoms with van der Waals surface area (Å²) in [7, 11) is 7.16. The van der Waals surface area contributed by atoms with Gasteiger partial charge in [-0.1, -0.05) is 0 Å². The highest BCUT2D eigenvalue weighted by Gasteiger charge is 2.08. The maximum atomic E-state index is 5.06. The van der Waals surface area contributed by atoms with Crippen LogP contribution in [0, 0.1) is 0 Å². The Morgan fingerprint density at radius 2 is 1.50 bits per heavy atom. The quantitative estimate of drug-likeness (QED) is 0.542. The molecule has 2 N–H and O–H groups in total. The van der Waals surface area contributed by atoms with Crippen LogP contribution >= 0.6 is 0 Å². The van der Waals surface area contributed by atoms with Crippen molar-refractivity contribution in [1.82, 2.24) is 10.6 Å². The minimum Gasteiger partial charge on any atom is -0.356 e. The van der Waals surface area contributed by atoms with Crippen molar-refractivity contribution in [3.8, 4) is 0 Å². The molecule has 0 aliphatic carbocycles. The topological polar surface area (TPSA) is 42.5 Å². The van der Waals surface area contributed by atoms with Crippen LogP contribution in [0.4, 0.5) is 0 Å². The molecule has 0 amide bonds. The Bertz CT molecular complexity index is 81.1. The zero-order valence-electron chi connectivity index (χ0n) is 8.39. The fourth-order valence-corrected chi connectivity index (χ4v) is 1.07. The van der Waals surface area contributed by atoms with E-state index in [9.17, 15) is 0 Å². The van der Waals surface area contributed by atoms with Gasteiger partial charge in [0.2, 0.25) is 0 Å². The van der Waals surface area contributed by atoms with Crippen LogP contribution in [-0.4, -0.2) is 40.8 Å². The van der Waals surface area contributed by atoms with Crippen LogP contribution in [-0.2, 0) is 9.47 Å². The van der Waals surface area contributed by atoms with Crippen LogP contribution in [0.25, 0.3) is 0 Å². The molecule has 0 aliphatic heterocycles. The molecule has 4 nitrogen and oxygen atoms in total. The highest BCUT2D eigenvalue weighted by atomic mass is 16.7. The maximum Gasteiger partial charge on any atom is 0.156 e. The Balaban J connectivity index is 3.49. The average Bonchev–Trinajstić information content (AvgIpc) is 2.13. The number of methoxy groups -OCH3 is 2. The first kappa shape index (κ1) is 11.8. The fourth-order valence-electron chi connectivity index (χ4n) is 1.07. The Hall–Kier alpha value is -0.160. The smallest absolute Gasteiger partial charge is 0.156 e. The van der Waals surface area contributed by atoms with Gasteiger partial charge in [-0.05, 0) is 20.5 Å². The SMILES string of the molecule is CNC(CCC(OC)OC)NC. The van der Waals surface area contributed by atoms with Crippen molar-refractivity contribution in [1.29, 1.82) is 0 Å². The van der Waals surface area contributed by atoms with Gasteiger partial charge in [-0.2, -0.15) is 0 Å². The predicted molar refractivity (Wildman–Crippen MR) is 48.9 cm³/mol. The second kappa shape index (κ2) is 7.49. The van der Waals surface area contributed by atoms with Crippen molar-refractivity contribution in [3.05, 3.63) is 0 Å². The van der Waals surface area contributed by atoms with E-state index >= 15 is 0 Å². The summed E-state index contributed by atoms with van der Waals surface area (Å²) in [5, 5.41) is 6.27. The highest BCUT2D eigenvalue weighted by molar-refractivity contribution is 4.59. The number of rotatable bonds is 7. The molecule has 0 unspecified atom stereocenters. The summed E-state index contributed by atoms with van der Waals surface area (Å²) in [6.07, 6.45) is 2.12. The van der Waals surface area contributed by atoms with E-state index in [1.165, 1.54) is 0 Å². The standard InChI is InChI=1S/C8H20N2O2/c1-9-7(10-2)5-6-8(11-3)12-4/h7-10H,5-6H2,1-4H3. The van der Waals surface area contributed by atoms with E-state index in [0.717, 1.165) is 12.8 Å². The summed E-state index contributed by atoms with van der Waals surface area (Å²) < 4.78 is 10.1. The van der Waals surface area contributed by atoms with Crippen LogP contribution in [0.3, 0.4) is 0 Å². The Morgan fingerprint density at radius 1 is 1.00 bits per heavy atom. The first-order valence-corrected chi connectivity index (χ1v) is 4.18. The van der Waals surface area contributed by atoms with Gasteiger partial charge in [0.1, 0.15) is 0 Å². The van der Waals surface area contributed by atoms with Gasteiger partial charge >= 0.3 is 0 Å². The van der Waals surface area contributed by atoms with Crippen LogP contribution < -0.4 is 10.6 Å². The molecule has 74 valence electrons. The number of hydrogen-bond acceptors (Lipinski definition) is 4. The third-order valence-electron chi connectivity index (χ3n) is 1.91. The lowest BCUT2D eigenvalue weighted by molar-refractivity contribution is -0.108. The minimum absolute atomic E-state index is 0.0887. The predicted octanol–water partition coefficient (Wildman–Crippen LogP) is 0.150. The van der Waals surface area contributed by atoms with Gasteiger partial charge in [-0.3, -0.25) is 0 Å². The first-order chi connectivity index (χ1) is 5.78. The molecule has 0 saturated heterocycles. The molecule has 0 aliphatic rings. The van der Waals surface area contributed by atoms with Crippen molar-refractivity contribution in [2.45, 2.75) is 25.3 Å². The number of nitrogens with one attached hydrogen (secondary N) is 2. The molecule has 0 aromatic carbocycles. The number of hydrogen-bond donors (Lipinski definition) is 2. The second-order valence-electron chi connectivity index (χ2n) is 2.61. The number of ether oxygens (including phenoxy) is 2. The van der Waals surface area contributed by atoms with Crippen molar-refractivity contribution in [2.24, 2.45) is 0 Å². The van der Waals surface area contributed by atoms with E-state index in [1.54, 1.807) is 14.2 Å². The van der Waals surface area contributed by atoms with Gasteiger partial charge in [0.05, 0.1) is 6.17 Å². The Kier molecular flexibility index (Phi) is 7.39. The van der Waals surface area contributed by atoms with Crippen LogP contribution in [0.2, 0.25) is 0 Å². The van der Waals surface area contributed by atoms with Gasteiger partial charge in [0.25, 0.3) is 0 Å². The summed E-state index contributed by atoms with van der Waals surface area (Å²) in [4.78, 5) is 0. The molecule has 0 bridgehead atoms. The third kappa shape index (κ3) is 4.66. The van der Waals surface area contributed by atoms with Crippen molar-refractivity contribution >= 4 is 0 Å². The molecule has 0 atom stereocenters. The normalized spacial score (nSPS) is 11.5.